The van der Waals surface area contributed by atoms with Crippen molar-refractivity contribution in [2.75, 3.05) is 10.6 Å². The van der Waals surface area contributed by atoms with E-state index in [1.165, 1.54) is 12.1 Å². The molecule has 6 nitrogen and oxygen atoms in total. The van der Waals surface area contributed by atoms with Crippen molar-refractivity contribution in [2.24, 2.45) is 0 Å². The van der Waals surface area contributed by atoms with Gasteiger partial charge in [0.05, 0.1) is 11.2 Å². The van der Waals surface area contributed by atoms with E-state index in [-0.39, 0.29) is 23.4 Å². The molecular weight excluding hydrogens is 357 g/mol. The number of benzene rings is 2. The van der Waals surface area contributed by atoms with Crippen LogP contribution in [0.3, 0.4) is 0 Å². The number of pyridine rings is 1. The minimum absolute atomic E-state index is 0.194. The molecule has 7 heteroatoms. The van der Waals surface area contributed by atoms with Gasteiger partial charge in [0, 0.05) is 23.0 Å². The lowest BCUT2D eigenvalue weighted by atomic mass is 10.2. The van der Waals surface area contributed by atoms with Gasteiger partial charge in [-0.1, -0.05) is 24.3 Å². The predicted octanol–water partition coefficient (Wildman–Crippen LogP) is 4.47. The van der Waals surface area contributed by atoms with Gasteiger partial charge in [-0.2, -0.15) is 0 Å². The summed E-state index contributed by atoms with van der Waals surface area (Å²) < 4.78 is 13.4. The summed E-state index contributed by atoms with van der Waals surface area (Å²) in [6.07, 6.45) is 1.67. The van der Waals surface area contributed by atoms with E-state index >= 15 is 0 Å². The monoisotopic (exact) mass is 373 g/mol. The maximum Gasteiger partial charge on any atom is 0.274 e. The molecule has 4 rings (SSSR count). The number of anilines is 3. The number of fused-ring (bicyclic) bond motifs is 1. The number of hydrogen-bond donors (Lipinski definition) is 2. The highest BCUT2D eigenvalue weighted by Crippen LogP contribution is 2.21. The Kier molecular flexibility index (Phi) is 4.63. The predicted molar refractivity (Wildman–Crippen MR) is 106 cm³/mol. The standard InChI is InChI=1S/C21H16FN5O/c1-13-11-18(27-21(24-13)25-16-8-3-7-15(22)12-16)20(28)26-17-9-2-5-14-6-4-10-23-19(14)17/h2-12H,1H3,(H,26,28)(H,24,25,27). The maximum atomic E-state index is 13.4. The van der Waals surface area contributed by atoms with E-state index in [4.69, 9.17) is 0 Å². The van der Waals surface area contributed by atoms with Crippen molar-refractivity contribution in [3.63, 3.8) is 0 Å². The second-order valence-electron chi connectivity index (χ2n) is 6.19. The van der Waals surface area contributed by atoms with E-state index in [1.54, 1.807) is 37.4 Å². The summed E-state index contributed by atoms with van der Waals surface area (Å²) in [5.74, 6) is -0.545. The molecule has 0 spiro atoms. The second kappa shape index (κ2) is 7.40. The summed E-state index contributed by atoms with van der Waals surface area (Å²) in [4.78, 5) is 25.6. The normalized spacial score (nSPS) is 10.6. The number of carbonyl (C=O) groups excluding carboxylic acids is 1. The number of aromatic nitrogens is 3. The Morgan fingerprint density at radius 3 is 2.68 bits per heavy atom. The molecule has 0 fully saturated rings. The highest BCUT2D eigenvalue weighted by Gasteiger charge is 2.13. The lowest BCUT2D eigenvalue weighted by Gasteiger charge is -2.10. The quantitative estimate of drug-likeness (QED) is 0.552. The van der Waals surface area contributed by atoms with Crippen LogP contribution in [0.4, 0.5) is 21.7 Å². The average molecular weight is 373 g/mol. The van der Waals surface area contributed by atoms with Gasteiger partial charge in [-0.15, -0.1) is 0 Å². The van der Waals surface area contributed by atoms with E-state index in [2.05, 4.69) is 25.6 Å². The van der Waals surface area contributed by atoms with Gasteiger partial charge in [0.1, 0.15) is 11.5 Å². The number of halogens is 1. The second-order valence-corrected chi connectivity index (χ2v) is 6.19. The molecule has 0 aliphatic heterocycles. The number of amides is 1. The van der Waals surface area contributed by atoms with Gasteiger partial charge in [-0.3, -0.25) is 9.78 Å². The zero-order valence-corrected chi connectivity index (χ0v) is 15.0. The smallest absolute Gasteiger partial charge is 0.274 e. The minimum atomic E-state index is -0.383. The van der Waals surface area contributed by atoms with Crippen molar-refractivity contribution in [2.45, 2.75) is 6.92 Å². The van der Waals surface area contributed by atoms with Gasteiger partial charge in [0.15, 0.2) is 0 Å². The molecule has 1 amide bonds. The number of aryl methyl sites for hydroxylation is 1. The van der Waals surface area contributed by atoms with Crippen LogP contribution in [0.5, 0.6) is 0 Å². The SMILES string of the molecule is Cc1cc(C(=O)Nc2cccc3cccnc23)nc(Nc2cccc(F)c2)n1. The first-order valence-corrected chi connectivity index (χ1v) is 8.62. The van der Waals surface area contributed by atoms with Crippen LogP contribution in [-0.4, -0.2) is 20.9 Å². The third kappa shape index (κ3) is 3.78. The van der Waals surface area contributed by atoms with Crippen LogP contribution in [0, 0.1) is 12.7 Å². The Hall–Kier alpha value is -3.87. The van der Waals surface area contributed by atoms with E-state index < -0.39 is 0 Å². The van der Waals surface area contributed by atoms with E-state index in [1.807, 2.05) is 24.3 Å². The Morgan fingerprint density at radius 1 is 1.00 bits per heavy atom. The molecule has 0 bridgehead atoms. The van der Waals surface area contributed by atoms with Gasteiger partial charge < -0.3 is 10.6 Å². The highest BCUT2D eigenvalue weighted by molar-refractivity contribution is 6.07. The van der Waals surface area contributed by atoms with Crippen molar-refractivity contribution in [3.8, 4) is 0 Å². The molecule has 2 aromatic carbocycles. The van der Waals surface area contributed by atoms with Crippen molar-refractivity contribution in [1.29, 1.82) is 0 Å². The highest BCUT2D eigenvalue weighted by atomic mass is 19.1. The van der Waals surface area contributed by atoms with Crippen molar-refractivity contribution >= 4 is 34.1 Å². The van der Waals surface area contributed by atoms with Gasteiger partial charge >= 0.3 is 0 Å². The van der Waals surface area contributed by atoms with Gasteiger partial charge in [0.25, 0.3) is 5.91 Å². The first-order chi connectivity index (χ1) is 13.6. The van der Waals surface area contributed by atoms with Crippen LogP contribution in [0.25, 0.3) is 10.9 Å². The summed E-state index contributed by atoms with van der Waals surface area (Å²) in [6, 6.07) is 16.9. The van der Waals surface area contributed by atoms with Crippen LogP contribution >= 0.6 is 0 Å². The summed E-state index contributed by atoms with van der Waals surface area (Å²) in [5.41, 5.74) is 2.59. The van der Waals surface area contributed by atoms with Crippen molar-refractivity contribution in [1.82, 2.24) is 15.0 Å². The third-order valence-corrected chi connectivity index (χ3v) is 4.05. The minimum Gasteiger partial charge on any atom is -0.324 e. The molecular formula is C21H16FN5O. The van der Waals surface area contributed by atoms with Gasteiger partial charge in [0.2, 0.25) is 5.95 Å². The summed E-state index contributed by atoms with van der Waals surface area (Å²) >= 11 is 0. The summed E-state index contributed by atoms with van der Waals surface area (Å²) in [7, 11) is 0. The molecule has 2 aromatic heterocycles. The fourth-order valence-electron chi connectivity index (χ4n) is 2.83. The molecule has 0 aliphatic carbocycles. The van der Waals surface area contributed by atoms with Crippen LogP contribution in [0.15, 0.2) is 66.9 Å². The summed E-state index contributed by atoms with van der Waals surface area (Å²) in [5, 5.41) is 6.69. The van der Waals surface area contributed by atoms with E-state index in [9.17, 15) is 9.18 Å². The summed E-state index contributed by atoms with van der Waals surface area (Å²) in [6.45, 7) is 1.76. The van der Waals surface area contributed by atoms with Gasteiger partial charge in [-0.25, -0.2) is 14.4 Å². The molecule has 2 heterocycles. The molecule has 138 valence electrons. The van der Waals surface area contributed by atoms with Gasteiger partial charge in [-0.05, 0) is 43.3 Å². The molecule has 0 saturated carbocycles. The fourth-order valence-corrected chi connectivity index (χ4v) is 2.83. The number of nitrogens with one attached hydrogen (secondary N) is 2. The zero-order chi connectivity index (χ0) is 19.5. The first kappa shape index (κ1) is 17.5. The average Bonchev–Trinajstić information content (AvgIpc) is 2.68. The lowest BCUT2D eigenvalue weighted by molar-refractivity contribution is 0.102. The molecule has 2 N–H and O–H groups in total. The van der Waals surface area contributed by atoms with Crippen molar-refractivity contribution < 1.29 is 9.18 Å². The lowest BCUT2D eigenvalue weighted by Crippen LogP contribution is -2.16. The third-order valence-electron chi connectivity index (χ3n) is 4.05. The maximum absolute atomic E-state index is 13.4. The number of rotatable bonds is 4. The number of carbonyl (C=O) groups is 1. The first-order valence-electron chi connectivity index (χ1n) is 8.62. The fraction of sp³-hybridized carbons (Fsp3) is 0.0476. The van der Waals surface area contributed by atoms with Crippen molar-refractivity contribution in [3.05, 3.63) is 84.1 Å². The molecule has 0 saturated heterocycles. The largest absolute Gasteiger partial charge is 0.324 e. The van der Waals surface area contributed by atoms with Crippen LogP contribution in [0.2, 0.25) is 0 Å². The Balaban J connectivity index is 1.61. The molecule has 28 heavy (non-hydrogen) atoms. The Morgan fingerprint density at radius 2 is 1.82 bits per heavy atom. The Bertz CT molecular complexity index is 1170. The molecule has 0 unspecified atom stereocenters. The van der Waals surface area contributed by atoms with Crippen LogP contribution in [-0.2, 0) is 0 Å². The Labute approximate surface area is 160 Å². The number of hydrogen-bond acceptors (Lipinski definition) is 5. The molecule has 0 aliphatic rings. The topological polar surface area (TPSA) is 79.8 Å². The molecule has 0 radical (unpaired) electrons. The molecule has 4 aromatic rings. The van der Waals surface area contributed by atoms with Crippen LogP contribution < -0.4 is 10.6 Å². The molecule has 0 atom stereocenters. The number of nitrogens with zero attached hydrogens (tertiary/aromatic N) is 3. The van der Waals surface area contributed by atoms with E-state index in [0.29, 0.717) is 22.6 Å². The van der Waals surface area contributed by atoms with Crippen LogP contribution in [0.1, 0.15) is 16.2 Å². The van der Waals surface area contributed by atoms with E-state index in [0.717, 1.165) is 5.39 Å². The zero-order valence-electron chi connectivity index (χ0n) is 15.0. The number of para-hydroxylation sites is 1.